The van der Waals surface area contributed by atoms with Crippen molar-refractivity contribution >= 4 is 10.9 Å². The van der Waals surface area contributed by atoms with E-state index in [0.29, 0.717) is 19.6 Å². The number of aliphatic hydroxyl groups excluding tert-OH is 1. The predicted molar refractivity (Wildman–Crippen MR) is 68.6 cm³/mol. The van der Waals surface area contributed by atoms with Gasteiger partial charge in [0.25, 0.3) is 0 Å². The van der Waals surface area contributed by atoms with Gasteiger partial charge in [-0.2, -0.15) is 5.10 Å². The van der Waals surface area contributed by atoms with Crippen LogP contribution in [0.5, 0.6) is 5.75 Å². The standard InChI is InChI=1S/C13H17N3O2/c1-8(14)6-16-13-9(5-15-16)2-3-12-11(13)4-10(17)7-18-12/h2-3,5,8,10,17H,4,6-7,14H2,1H3/t8-,10-/m1/s1. The molecule has 1 aliphatic heterocycles. The molecule has 3 N–H and O–H groups in total. The number of hydrogen-bond donors (Lipinski definition) is 2. The normalized spacial score (nSPS) is 20.5. The molecular weight excluding hydrogens is 230 g/mol. The minimum absolute atomic E-state index is 0.0402. The van der Waals surface area contributed by atoms with Crippen LogP contribution in [0.3, 0.4) is 0 Å². The summed E-state index contributed by atoms with van der Waals surface area (Å²) in [6.45, 7) is 2.98. The molecule has 0 unspecified atom stereocenters. The molecule has 0 saturated heterocycles. The highest BCUT2D eigenvalue weighted by molar-refractivity contribution is 5.84. The van der Waals surface area contributed by atoms with Crippen LogP contribution in [0, 0.1) is 0 Å². The lowest BCUT2D eigenvalue weighted by molar-refractivity contribution is 0.0926. The number of benzene rings is 1. The van der Waals surface area contributed by atoms with Gasteiger partial charge in [0.15, 0.2) is 0 Å². The first-order valence-electron chi connectivity index (χ1n) is 6.19. The lowest BCUT2D eigenvalue weighted by Gasteiger charge is -2.23. The number of nitrogens with zero attached hydrogens (tertiary/aromatic N) is 2. The Morgan fingerprint density at radius 2 is 2.44 bits per heavy atom. The third-order valence-electron chi connectivity index (χ3n) is 3.20. The number of fused-ring (bicyclic) bond motifs is 3. The van der Waals surface area contributed by atoms with Crippen LogP contribution in [0.2, 0.25) is 0 Å². The summed E-state index contributed by atoms with van der Waals surface area (Å²) < 4.78 is 7.45. The minimum Gasteiger partial charge on any atom is -0.491 e. The molecule has 0 fully saturated rings. The van der Waals surface area contributed by atoms with E-state index in [1.54, 1.807) is 0 Å². The molecule has 2 atom stereocenters. The smallest absolute Gasteiger partial charge is 0.124 e. The quantitative estimate of drug-likeness (QED) is 0.818. The van der Waals surface area contributed by atoms with E-state index in [9.17, 15) is 5.11 Å². The lowest BCUT2D eigenvalue weighted by Crippen LogP contribution is -2.27. The molecule has 18 heavy (non-hydrogen) atoms. The third kappa shape index (κ3) is 1.85. The van der Waals surface area contributed by atoms with Gasteiger partial charge in [-0.3, -0.25) is 4.68 Å². The Morgan fingerprint density at radius 3 is 3.22 bits per heavy atom. The molecule has 2 aromatic rings. The summed E-state index contributed by atoms with van der Waals surface area (Å²) in [7, 11) is 0. The second-order valence-corrected chi connectivity index (χ2v) is 4.95. The molecule has 0 aliphatic carbocycles. The molecule has 96 valence electrons. The minimum atomic E-state index is -0.443. The Bertz CT molecular complexity index is 577. The fraction of sp³-hybridized carbons (Fsp3) is 0.462. The van der Waals surface area contributed by atoms with Crippen LogP contribution in [0.4, 0.5) is 0 Å². The largest absolute Gasteiger partial charge is 0.491 e. The number of aliphatic hydroxyl groups is 1. The van der Waals surface area contributed by atoms with Crippen molar-refractivity contribution in [1.82, 2.24) is 9.78 Å². The second kappa shape index (κ2) is 4.26. The summed E-state index contributed by atoms with van der Waals surface area (Å²) in [5.41, 5.74) is 7.90. The van der Waals surface area contributed by atoms with Crippen LogP contribution >= 0.6 is 0 Å². The first-order chi connectivity index (χ1) is 8.65. The van der Waals surface area contributed by atoms with E-state index in [1.807, 2.05) is 29.9 Å². The van der Waals surface area contributed by atoms with Crippen molar-refractivity contribution in [3.05, 3.63) is 23.9 Å². The monoisotopic (exact) mass is 247 g/mol. The molecule has 2 heterocycles. The van der Waals surface area contributed by atoms with Crippen LogP contribution in [0.1, 0.15) is 12.5 Å². The maximum Gasteiger partial charge on any atom is 0.124 e. The van der Waals surface area contributed by atoms with Crippen LogP contribution in [-0.2, 0) is 13.0 Å². The molecule has 0 saturated carbocycles. The van der Waals surface area contributed by atoms with Crippen molar-refractivity contribution < 1.29 is 9.84 Å². The van der Waals surface area contributed by atoms with E-state index in [1.165, 1.54) is 0 Å². The van der Waals surface area contributed by atoms with Crippen molar-refractivity contribution in [1.29, 1.82) is 0 Å². The van der Waals surface area contributed by atoms with Gasteiger partial charge in [-0.1, -0.05) is 0 Å². The second-order valence-electron chi connectivity index (χ2n) is 4.95. The highest BCUT2D eigenvalue weighted by Crippen LogP contribution is 2.32. The summed E-state index contributed by atoms with van der Waals surface area (Å²) in [6.07, 6.45) is 2.00. The van der Waals surface area contributed by atoms with E-state index in [0.717, 1.165) is 22.2 Å². The van der Waals surface area contributed by atoms with Gasteiger partial charge in [-0.15, -0.1) is 0 Å². The number of ether oxygens (including phenoxy) is 1. The number of rotatable bonds is 2. The fourth-order valence-electron chi connectivity index (χ4n) is 2.46. The summed E-state index contributed by atoms with van der Waals surface area (Å²) in [5.74, 6) is 0.847. The topological polar surface area (TPSA) is 73.3 Å². The van der Waals surface area contributed by atoms with Gasteiger partial charge in [0.2, 0.25) is 0 Å². The summed E-state index contributed by atoms with van der Waals surface area (Å²) in [4.78, 5) is 0. The Hall–Kier alpha value is -1.59. The molecule has 0 radical (unpaired) electrons. The highest BCUT2D eigenvalue weighted by Gasteiger charge is 2.22. The number of nitrogens with two attached hydrogens (primary N) is 1. The average molecular weight is 247 g/mol. The average Bonchev–Trinajstić information content (AvgIpc) is 2.72. The molecule has 1 aromatic heterocycles. The van der Waals surface area contributed by atoms with Gasteiger partial charge in [-0.25, -0.2) is 0 Å². The van der Waals surface area contributed by atoms with Gasteiger partial charge >= 0.3 is 0 Å². The molecule has 5 heteroatoms. The van der Waals surface area contributed by atoms with Gasteiger partial charge < -0.3 is 15.6 Å². The van der Waals surface area contributed by atoms with Crippen LogP contribution in [0.25, 0.3) is 10.9 Å². The van der Waals surface area contributed by atoms with E-state index < -0.39 is 6.10 Å². The Balaban J connectivity index is 2.16. The predicted octanol–water partition coefficient (Wildman–Crippen LogP) is 0.679. The van der Waals surface area contributed by atoms with Crippen LogP contribution in [0.15, 0.2) is 18.3 Å². The van der Waals surface area contributed by atoms with E-state index in [-0.39, 0.29) is 6.04 Å². The maximum absolute atomic E-state index is 9.75. The highest BCUT2D eigenvalue weighted by atomic mass is 16.5. The zero-order valence-electron chi connectivity index (χ0n) is 10.3. The van der Waals surface area contributed by atoms with Gasteiger partial charge in [-0.05, 0) is 19.1 Å². The Labute approximate surface area is 105 Å². The zero-order chi connectivity index (χ0) is 12.7. The molecular formula is C13H17N3O2. The Morgan fingerprint density at radius 1 is 1.61 bits per heavy atom. The van der Waals surface area contributed by atoms with Crippen molar-refractivity contribution in [3.8, 4) is 5.75 Å². The molecule has 0 spiro atoms. The van der Waals surface area contributed by atoms with Crippen molar-refractivity contribution in [2.45, 2.75) is 32.0 Å². The van der Waals surface area contributed by atoms with Crippen LogP contribution < -0.4 is 10.5 Å². The fourth-order valence-corrected chi connectivity index (χ4v) is 2.46. The molecule has 1 aliphatic rings. The van der Waals surface area contributed by atoms with Crippen molar-refractivity contribution in [3.63, 3.8) is 0 Å². The molecule has 1 aromatic carbocycles. The van der Waals surface area contributed by atoms with Gasteiger partial charge in [0, 0.05) is 23.4 Å². The molecule has 5 nitrogen and oxygen atoms in total. The number of hydrogen-bond acceptors (Lipinski definition) is 4. The SMILES string of the molecule is C[C@@H](N)Cn1ncc2ccc3c(c21)C[C@@H](O)CO3. The maximum atomic E-state index is 9.75. The molecule has 0 bridgehead atoms. The number of aromatic nitrogens is 2. The van der Waals surface area contributed by atoms with Crippen LogP contribution in [-0.4, -0.2) is 33.6 Å². The summed E-state index contributed by atoms with van der Waals surface area (Å²) in [5, 5.41) is 15.2. The van der Waals surface area contributed by atoms with E-state index in [2.05, 4.69) is 5.10 Å². The Kier molecular flexibility index (Phi) is 2.72. The van der Waals surface area contributed by atoms with E-state index >= 15 is 0 Å². The zero-order valence-corrected chi connectivity index (χ0v) is 10.3. The molecule has 0 amide bonds. The molecule has 3 rings (SSSR count). The van der Waals surface area contributed by atoms with Crippen molar-refractivity contribution in [2.24, 2.45) is 5.73 Å². The first kappa shape index (κ1) is 11.5. The van der Waals surface area contributed by atoms with Crippen molar-refractivity contribution in [2.75, 3.05) is 6.61 Å². The van der Waals surface area contributed by atoms with Gasteiger partial charge in [0.05, 0.1) is 24.4 Å². The van der Waals surface area contributed by atoms with E-state index in [4.69, 9.17) is 10.5 Å². The van der Waals surface area contributed by atoms with Gasteiger partial charge in [0.1, 0.15) is 12.4 Å². The summed E-state index contributed by atoms with van der Waals surface area (Å²) >= 11 is 0. The third-order valence-corrected chi connectivity index (χ3v) is 3.20. The summed E-state index contributed by atoms with van der Waals surface area (Å²) in [6, 6.07) is 3.98. The first-order valence-corrected chi connectivity index (χ1v) is 6.19. The lowest BCUT2D eigenvalue weighted by atomic mass is 10.0.